The van der Waals surface area contributed by atoms with Gasteiger partial charge in [-0.1, -0.05) is 19.8 Å². The molecule has 7 heteroatoms. The smallest absolute Gasteiger partial charge is 0.352 e. The number of nitrogens with zero attached hydrogens (tertiary/aromatic N) is 1. The van der Waals surface area contributed by atoms with Crippen molar-refractivity contribution < 1.29 is 19.2 Å². The van der Waals surface area contributed by atoms with E-state index in [0.29, 0.717) is 6.54 Å². The van der Waals surface area contributed by atoms with Crippen LogP contribution in [-0.4, -0.2) is 50.1 Å². The fraction of sp³-hybridized carbons (Fsp3) is 0.667. The molecule has 2 aliphatic heterocycles. The maximum atomic E-state index is 11.9. The predicted molar refractivity (Wildman–Crippen MR) is 70.7 cm³/mol. The molecule has 106 valence electrons. The molecule has 0 radical (unpaired) electrons. The number of nitrogens with one attached hydrogen (secondary N) is 1. The van der Waals surface area contributed by atoms with Crippen molar-refractivity contribution >= 4 is 23.1 Å². The predicted octanol–water partition coefficient (Wildman–Crippen LogP) is 0.0339. The van der Waals surface area contributed by atoms with E-state index < -0.39 is 28.6 Å². The second kappa shape index (κ2) is 5.94. The summed E-state index contributed by atoms with van der Waals surface area (Å²) in [4.78, 5) is 24.1. The van der Waals surface area contributed by atoms with Crippen molar-refractivity contribution in [1.29, 1.82) is 0 Å². The van der Waals surface area contributed by atoms with Crippen LogP contribution in [-0.2, 0) is 20.8 Å². The standard InChI is InChI=1S/C12H18N2O4S/c1-2-3-4-6-13-9-10(15)14-8(12(16)17)5-7-19(18)11(9)14/h5,9,11,13H,2-4,6-7H2,1H3,(H,16,17)/t9-,11-,19?/m1/s1. The van der Waals surface area contributed by atoms with Crippen LogP contribution in [0.1, 0.15) is 26.2 Å². The molecule has 0 aromatic heterocycles. The van der Waals surface area contributed by atoms with Gasteiger partial charge < -0.3 is 9.66 Å². The first-order valence-electron chi connectivity index (χ1n) is 6.45. The molecule has 3 atom stereocenters. The Hall–Kier alpha value is -1.05. The van der Waals surface area contributed by atoms with Crippen LogP contribution in [0.2, 0.25) is 0 Å². The lowest BCUT2D eigenvalue weighted by Gasteiger charge is -2.48. The summed E-state index contributed by atoms with van der Waals surface area (Å²) >= 11 is -1.22. The van der Waals surface area contributed by atoms with Gasteiger partial charge in [-0.25, -0.2) is 4.79 Å². The average molecular weight is 286 g/mol. The maximum Gasteiger partial charge on any atom is 0.352 e. The summed E-state index contributed by atoms with van der Waals surface area (Å²) < 4.78 is 11.9. The van der Waals surface area contributed by atoms with Gasteiger partial charge in [0.1, 0.15) is 11.4 Å². The van der Waals surface area contributed by atoms with E-state index in [1.807, 2.05) is 0 Å². The van der Waals surface area contributed by atoms with Crippen molar-refractivity contribution in [2.24, 2.45) is 0 Å². The Morgan fingerprint density at radius 1 is 1.63 bits per heavy atom. The van der Waals surface area contributed by atoms with Crippen LogP contribution in [0.15, 0.2) is 11.8 Å². The Balaban J connectivity index is 1.98. The van der Waals surface area contributed by atoms with Crippen LogP contribution >= 0.6 is 0 Å². The number of hydrogen-bond acceptors (Lipinski definition) is 4. The fourth-order valence-electron chi connectivity index (χ4n) is 2.36. The largest absolute Gasteiger partial charge is 0.614 e. The van der Waals surface area contributed by atoms with Crippen LogP contribution in [0.25, 0.3) is 0 Å². The number of amides is 1. The van der Waals surface area contributed by atoms with E-state index >= 15 is 0 Å². The molecule has 2 aliphatic rings. The van der Waals surface area contributed by atoms with Gasteiger partial charge in [0.05, 0.1) is 0 Å². The zero-order valence-electron chi connectivity index (χ0n) is 10.8. The van der Waals surface area contributed by atoms with Crippen molar-refractivity contribution in [2.75, 3.05) is 12.3 Å². The van der Waals surface area contributed by atoms with E-state index in [4.69, 9.17) is 5.11 Å². The van der Waals surface area contributed by atoms with E-state index in [0.717, 1.165) is 24.2 Å². The topological polar surface area (TPSA) is 92.7 Å². The molecule has 0 bridgehead atoms. The molecule has 2 heterocycles. The highest BCUT2D eigenvalue weighted by molar-refractivity contribution is 7.92. The molecule has 0 saturated carbocycles. The second-order valence-electron chi connectivity index (χ2n) is 4.68. The summed E-state index contributed by atoms with van der Waals surface area (Å²) in [6, 6.07) is -0.499. The van der Waals surface area contributed by atoms with E-state index in [9.17, 15) is 14.1 Å². The molecular formula is C12H18N2O4S. The van der Waals surface area contributed by atoms with Crippen molar-refractivity contribution in [2.45, 2.75) is 37.6 Å². The van der Waals surface area contributed by atoms with Gasteiger partial charge in [0.15, 0.2) is 6.04 Å². The third-order valence-corrected chi connectivity index (χ3v) is 4.89. The maximum absolute atomic E-state index is 11.9. The van der Waals surface area contributed by atoms with Gasteiger partial charge in [0.25, 0.3) is 5.91 Å². The number of aliphatic carboxylic acids is 1. The van der Waals surface area contributed by atoms with Crippen LogP contribution in [0.3, 0.4) is 0 Å². The fourth-order valence-corrected chi connectivity index (χ4v) is 3.85. The second-order valence-corrected chi connectivity index (χ2v) is 6.26. The Kier molecular flexibility index (Phi) is 4.49. The van der Waals surface area contributed by atoms with E-state index in [-0.39, 0.29) is 17.4 Å². The lowest BCUT2D eigenvalue weighted by Crippen LogP contribution is -2.73. The molecule has 0 aromatic carbocycles. The number of hydrogen-bond donors (Lipinski definition) is 2. The number of unbranched alkanes of at least 4 members (excludes halogenated alkanes) is 2. The van der Waals surface area contributed by atoms with Gasteiger partial charge in [-0.2, -0.15) is 0 Å². The van der Waals surface area contributed by atoms with E-state index in [1.54, 1.807) is 0 Å². The Labute approximate surface area is 115 Å². The van der Waals surface area contributed by atoms with E-state index in [2.05, 4.69) is 12.2 Å². The first kappa shape index (κ1) is 14.4. The van der Waals surface area contributed by atoms with Crippen molar-refractivity contribution in [3.63, 3.8) is 0 Å². The van der Waals surface area contributed by atoms with Gasteiger partial charge in [-0.3, -0.25) is 15.0 Å². The van der Waals surface area contributed by atoms with Crippen molar-refractivity contribution in [1.82, 2.24) is 10.2 Å². The zero-order chi connectivity index (χ0) is 14.0. The number of β-lactam (4-membered cyclic amide) rings is 1. The van der Waals surface area contributed by atoms with Gasteiger partial charge in [-0.15, -0.1) is 0 Å². The van der Waals surface area contributed by atoms with Crippen molar-refractivity contribution in [3.05, 3.63) is 11.8 Å². The summed E-state index contributed by atoms with van der Waals surface area (Å²) in [7, 11) is 0. The highest BCUT2D eigenvalue weighted by atomic mass is 32.2. The minimum atomic E-state index is -1.22. The van der Waals surface area contributed by atoms with Gasteiger partial charge in [0.2, 0.25) is 5.37 Å². The Bertz CT molecular complexity index is 413. The van der Waals surface area contributed by atoms with Crippen LogP contribution in [0, 0.1) is 0 Å². The van der Waals surface area contributed by atoms with Gasteiger partial charge >= 0.3 is 5.97 Å². The summed E-state index contributed by atoms with van der Waals surface area (Å²) in [5.74, 6) is -1.23. The summed E-state index contributed by atoms with van der Waals surface area (Å²) in [5, 5.41) is 11.6. The highest BCUT2D eigenvalue weighted by Gasteiger charge is 2.58. The first-order valence-corrected chi connectivity index (χ1v) is 7.83. The molecule has 1 saturated heterocycles. The highest BCUT2D eigenvalue weighted by Crippen LogP contribution is 2.33. The molecular weight excluding hydrogens is 268 g/mol. The summed E-state index contributed by atoms with van der Waals surface area (Å²) in [5.41, 5.74) is -0.0405. The molecule has 1 fully saturated rings. The molecule has 1 amide bonds. The third-order valence-electron chi connectivity index (χ3n) is 3.38. The Morgan fingerprint density at radius 2 is 2.37 bits per heavy atom. The normalized spacial score (nSPS) is 29.6. The minimum Gasteiger partial charge on any atom is -0.614 e. The number of carbonyl (C=O) groups excluding carboxylic acids is 1. The van der Waals surface area contributed by atoms with Crippen LogP contribution in [0.4, 0.5) is 0 Å². The average Bonchev–Trinajstić information content (AvgIpc) is 2.38. The minimum absolute atomic E-state index is 0.0405. The molecule has 0 aliphatic carbocycles. The van der Waals surface area contributed by atoms with Crippen molar-refractivity contribution in [3.8, 4) is 0 Å². The monoisotopic (exact) mass is 286 g/mol. The van der Waals surface area contributed by atoms with E-state index in [1.165, 1.54) is 6.08 Å². The molecule has 0 spiro atoms. The van der Waals surface area contributed by atoms with Crippen LogP contribution < -0.4 is 5.32 Å². The Morgan fingerprint density at radius 3 is 3.00 bits per heavy atom. The lowest BCUT2D eigenvalue weighted by atomic mass is 10.0. The molecule has 6 nitrogen and oxygen atoms in total. The molecule has 1 unspecified atom stereocenters. The number of carbonyl (C=O) groups is 2. The quantitative estimate of drug-likeness (QED) is 0.408. The number of carboxylic acid groups (broad SMARTS) is 1. The number of carboxylic acids is 1. The molecule has 19 heavy (non-hydrogen) atoms. The number of fused-ring (bicyclic) bond motifs is 1. The van der Waals surface area contributed by atoms with Gasteiger partial charge in [0, 0.05) is 0 Å². The SMILES string of the molecule is CCCCCN[C@@H]1C(=O)N2C(C(=O)O)=CC[S+]([O-])[C@H]12. The molecule has 2 N–H and O–H groups in total. The summed E-state index contributed by atoms with van der Waals surface area (Å²) in [6.07, 6.45) is 4.49. The lowest BCUT2D eigenvalue weighted by molar-refractivity contribution is -0.149. The number of rotatable bonds is 6. The third kappa shape index (κ3) is 2.63. The molecule has 0 aromatic rings. The zero-order valence-corrected chi connectivity index (χ0v) is 11.6. The molecule has 2 rings (SSSR count). The van der Waals surface area contributed by atoms with Gasteiger partial charge in [-0.05, 0) is 30.2 Å². The first-order chi connectivity index (χ1) is 9.07. The van der Waals surface area contributed by atoms with Crippen LogP contribution in [0.5, 0.6) is 0 Å². The summed E-state index contributed by atoms with van der Waals surface area (Å²) in [6.45, 7) is 2.79.